The number of rotatable bonds is 5. The van der Waals surface area contributed by atoms with E-state index in [1.54, 1.807) is 0 Å². The summed E-state index contributed by atoms with van der Waals surface area (Å²) in [5.74, 6) is 1.59. The van der Waals surface area contributed by atoms with E-state index in [1.165, 1.54) is 5.56 Å². The monoisotopic (exact) mass is 221 g/mol. The molecule has 0 aromatic carbocycles. The Bertz CT molecular complexity index is 322. The highest BCUT2D eigenvalue weighted by Gasteiger charge is 2.08. The lowest BCUT2D eigenvalue weighted by Gasteiger charge is -2.12. The van der Waals surface area contributed by atoms with Crippen LogP contribution in [-0.4, -0.2) is 16.5 Å². The molecule has 0 radical (unpaired) electrons. The molecule has 3 nitrogen and oxygen atoms in total. The molecule has 0 aliphatic carbocycles. The number of hydrogen-bond donors (Lipinski definition) is 1. The first-order chi connectivity index (χ1) is 7.54. The third-order valence-electron chi connectivity index (χ3n) is 2.61. The lowest BCUT2D eigenvalue weighted by molar-refractivity contribution is 0.612. The maximum Gasteiger partial charge on any atom is 0.129 e. The van der Waals surface area contributed by atoms with Gasteiger partial charge in [-0.3, -0.25) is 0 Å². The van der Waals surface area contributed by atoms with Gasteiger partial charge in [-0.1, -0.05) is 20.8 Å². The standard InChI is InChI=1S/C13H23N3/c1-6-14-8-12-10(4)15-13(7-9(2)3)16-11(12)5/h9,14H,6-8H2,1-5H3. The second kappa shape index (κ2) is 5.94. The van der Waals surface area contributed by atoms with Crippen molar-refractivity contribution < 1.29 is 0 Å². The molecule has 1 rings (SSSR count). The van der Waals surface area contributed by atoms with E-state index in [2.05, 4.69) is 49.9 Å². The molecule has 0 aliphatic rings. The summed E-state index contributed by atoms with van der Waals surface area (Å²) in [7, 11) is 0. The molecule has 0 spiro atoms. The van der Waals surface area contributed by atoms with Gasteiger partial charge < -0.3 is 5.32 Å². The van der Waals surface area contributed by atoms with E-state index in [0.717, 1.165) is 36.7 Å². The van der Waals surface area contributed by atoms with Crippen molar-refractivity contribution in [3.63, 3.8) is 0 Å². The summed E-state index contributed by atoms with van der Waals surface area (Å²) in [5.41, 5.74) is 3.47. The maximum absolute atomic E-state index is 4.58. The van der Waals surface area contributed by atoms with E-state index in [9.17, 15) is 0 Å². The Morgan fingerprint density at radius 1 is 1.12 bits per heavy atom. The van der Waals surface area contributed by atoms with Crippen molar-refractivity contribution in [2.75, 3.05) is 6.54 Å². The van der Waals surface area contributed by atoms with Gasteiger partial charge in [0.15, 0.2) is 0 Å². The summed E-state index contributed by atoms with van der Waals surface area (Å²) in [4.78, 5) is 9.15. The number of hydrogen-bond acceptors (Lipinski definition) is 3. The molecule has 0 fully saturated rings. The van der Waals surface area contributed by atoms with Crippen LogP contribution in [0, 0.1) is 19.8 Å². The number of aryl methyl sites for hydroxylation is 2. The minimum Gasteiger partial charge on any atom is -0.313 e. The summed E-state index contributed by atoms with van der Waals surface area (Å²) in [6.07, 6.45) is 0.961. The van der Waals surface area contributed by atoms with E-state index < -0.39 is 0 Å². The van der Waals surface area contributed by atoms with Gasteiger partial charge in [0.2, 0.25) is 0 Å². The molecule has 90 valence electrons. The van der Waals surface area contributed by atoms with Crippen molar-refractivity contribution in [1.29, 1.82) is 0 Å². The van der Waals surface area contributed by atoms with Crippen molar-refractivity contribution in [2.45, 2.75) is 47.6 Å². The largest absolute Gasteiger partial charge is 0.313 e. The van der Waals surface area contributed by atoms with Crippen LogP contribution in [0.25, 0.3) is 0 Å². The maximum atomic E-state index is 4.58. The first kappa shape index (κ1) is 13.1. The van der Waals surface area contributed by atoms with E-state index in [0.29, 0.717) is 5.92 Å². The highest BCUT2D eigenvalue weighted by atomic mass is 14.9. The molecular formula is C13H23N3. The van der Waals surface area contributed by atoms with Crippen LogP contribution in [0.1, 0.15) is 43.5 Å². The molecule has 0 unspecified atom stereocenters. The molecular weight excluding hydrogens is 198 g/mol. The topological polar surface area (TPSA) is 37.8 Å². The van der Waals surface area contributed by atoms with Gasteiger partial charge in [0.1, 0.15) is 5.82 Å². The Balaban J connectivity index is 2.89. The van der Waals surface area contributed by atoms with Crippen LogP contribution in [0.4, 0.5) is 0 Å². The Kier molecular flexibility index (Phi) is 4.87. The minimum atomic E-state index is 0.610. The van der Waals surface area contributed by atoms with Gasteiger partial charge in [0.25, 0.3) is 0 Å². The van der Waals surface area contributed by atoms with Gasteiger partial charge >= 0.3 is 0 Å². The van der Waals surface area contributed by atoms with E-state index in [4.69, 9.17) is 0 Å². The number of nitrogens with zero attached hydrogens (tertiary/aromatic N) is 2. The fraction of sp³-hybridized carbons (Fsp3) is 0.692. The second-order valence-corrected chi connectivity index (χ2v) is 4.67. The third-order valence-corrected chi connectivity index (χ3v) is 2.61. The van der Waals surface area contributed by atoms with Crippen LogP contribution in [0.2, 0.25) is 0 Å². The van der Waals surface area contributed by atoms with Crippen LogP contribution in [-0.2, 0) is 13.0 Å². The summed E-state index contributed by atoms with van der Waals surface area (Å²) in [6, 6.07) is 0. The highest BCUT2D eigenvalue weighted by Crippen LogP contribution is 2.12. The molecule has 0 bridgehead atoms. The third kappa shape index (κ3) is 3.56. The van der Waals surface area contributed by atoms with E-state index >= 15 is 0 Å². The smallest absolute Gasteiger partial charge is 0.129 e. The van der Waals surface area contributed by atoms with Crippen LogP contribution in [0.3, 0.4) is 0 Å². The molecule has 16 heavy (non-hydrogen) atoms. The molecule has 1 aromatic heterocycles. The molecule has 0 saturated heterocycles. The molecule has 1 aromatic rings. The highest BCUT2D eigenvalue weighted by molar-refractivity contribution is 5.24. The van der Waals surface area contributed by atoms with Gasteiger partial charge in [-0.15, -0.1) is 0 Å². The molecule has 1 heterocycles. The Morgan fingerprint density at radius 2 is 1.69 bits per heavy atom. The first-order valence-corrected chi connectivity index (χ1v) is 6.08. The fourth-order valence-corrected chi connectivity index (χ4v) is 1.77. The number of nitrogens with one attached hydrogen (secondary N) is 1. The van der Waals surface area contributed by atoms with Crippen LogP contribution >= 0.6 is 0 Å². The van der Waals surface area contributed by atoms with Crippen LogP contribution in [0.15, 0.2) is 0 Å². The molecule has 1 N–H and O–H groups in total. The van der Waals surface area contributed by atoms with Crippen LogP contribution in [0.5, 0.6) is 0 Å². The van der Waals surface area contributed by atoms with Crippen molar-refractivity contribution >= 4 is 0 Å². The summed E-state index contributed by atoms with van der Waals surface area (Å²) >= 11 is 0. The average molecular weight is 221 g/mol. The van der Waals surface area contributed by atoms with Gasteiger partial charge in [-0.05, 0) is 26.3 Å². The Labute approximate surface area is 98.7 Å². The van der Waals surface area contributed by atoms with Crippen molar-refractivity contribution in [1.82, 2.24) is 15.3 Å². The summed E-state index contributed by atoms with van der Waals surface area (Å²) in [5, 5.41) is 3.33. The quantitative estimate of drug-likeness (QED) is 0.829. The predicted octanol–water partition coefficient (Wildman–Crippen LogP) is 2.40. The van der Waals surface area contributed by atoms with Crippen molar-refractivity contribution in [3.8, 4) is 0 Å². The zero-order chi connectivity index (χ0) is 12.1. The molecule has 0 atom stereocenters. The second-order valence-electron chi connectivity index (χ2n) is 4.67. The number of aromatic nitrogens is 2. The lowest BCUT2D eigenvalue weighted by Crippen LogP contribution is -2.16. The normalized spacial score (nSPS) is 11.1. The Morgan fingerprint density at radius 3 is 2.12 bits per heavy atom. The molecule has 0 aliphatic heterocycles. The van der Waals surface area contributed by atoms with Crippen molar-refractivity contribution in [3.05, 3.63) is 22.8 Å². The van der Waals surface area contributed by atoms with Gasteiger partial charge in [-0.25, -0.2) is 9.97 Å². The van der Waals surface area contributed by atoms with E-state index in [1.807, 2.05) is 0 Å². The average Bonchev–Trinajstić information content (AvgIpc) is 2.15. The summed E-state index contributed by atoms with van der Waals surface area (Å²) in [6.45, 7) is 12.5. The van der Waals surface area contributed by atoms with E-state index in [-0.39, 0.29) is 0 Å². The zero-order valence-corrected chi connectivity index (χ0v) is 11.1. The fourth-order valence-electron chi connectivity index (χ4n) is 1.77. The molecule has 3 heteroatoms. The van der Waals surface area contributed by atoms with Crippen LogP contribution < -0.4 is 5.32 Å². The molecule has 0 saturated carbocycles. The predicted molar refractivity (Wildman–Crippen MR) is 67.4 cm³/mol. The zero-order valence-electron chi connectivity index (χ0n) is 11.1. The minimum absolute atomic E-state index is 0.610. The lowest BCUT2D eigenvalue weighted by atomic mass is 10.1. The van der Waals surface area contributed by atoms with Crippen molar-refractivity contribution in [2.24, 2.45) is 5.92 Å². The van der Waals surface area contributed by atoms with Gasteiger partial charge in [0.05, 0.1) is 0 Å². The Hall–Kier alpha value is -0.960. The first-order valence-electron chi connectivity index (χ1n) is 6.08. The SMILES string of the molecule is CCNCc1c(C)nc(CC(C)C)nc1C. The summed E-state index contributed by atoms with van der Waals surface area (Å²) < 4.78 is 0. The van der Waals surface area contributed by atoms with Gasteiger partial charge in [0, 0.05) is 29.9 Å². The molecule has 0 amide bonds. The van der Waals surface area contributed by atoms with Gasteiger partial charge in [-0.2, -0.15) is 0 Å².